The second kappa shape index (κ2) is 7.03. The Kier molecular flexibility index (Phi) is 5.10. The number of ketones is 1. The predicted octanol–water partition coefficient (Wildman–Crippen LogP) is 3.93. The maximum absolute atomic E-state index is 12.2. The minimum atomic E-state index is -0.0524. The molecule has 3 heteroatoms. The normalized spacial score (nSPS) is 10.3. The molecule has 0 heterocycles. The van der Waals surface area contributed by atoms with Crippen molar-refractivity contribution >= 4 is 17.4 Å². The van der Waals surface area contributed by atoms with Crippen molar-refractivity contribution in [2.24, 2.45) is 0 Å². The Hall–Kier alpha value is -2.42. The monoisotopic (exact) mass is 295 g/mol. The Morgan fingerprint density at radius 3 is 2.23 bits per heavy atom. The Morgan fingerprint density at radius 1 is 0.909 bits per heavy atom. The molecule has 0 saturated heterocycles. The fourth-order valence-electron chi connectivity index (χ4n) is 2.24. The van der Waals surface area contributed by atoms with E-state index in [1.807, 2.05) is 62.4 Å². The Bertz CT molecular complexity index is 677. The maximum Gasteiger partial charge on any atom is 0.227 e. The third-order valence-corrected chi connectivity index (χ3v) is 3.91. The van der Waals surface area contributed by atoms with E-state index in [4.69, 9.17) is 0 Å². The molecule has 2 aromatic carbocycles. The van der Waals surface area contributed by atoms with Crippen LogP contribution in [-0.2, 0) is 4.79 Å². The van der Waals surface area contributed by atoms with Crippen LogP contribution in [-0.4, -0.2) is 18.7 Å². The molecular weight excluding hydrogens is 274 g/mol. The molecule has 0 aliphatic carbocycles. The number of amides is 1. The average Bonchev–Trinajstić information content (AvgIpc) is 2.54. The molecule has 0 radical (unpaired) electrons. The highest BCUT2D eigenvalue weighted by Gasteiger charge is 2.14. The molecule has 0 saturated carbocycles. The van der Waals surface area contributed by atoms with E-state index in [0.29, 0.717) is 5.56 Å². The number of carbonyl (C=O) groups excluding carboxylic acids is 2. The minimum absolute atomic E-state index is 0.0120. The lowest BCUT2D eigenvalue weighted by molar-refractivity contribution is -0.118. The fourth-order valence-corrected chi connectivity index (χ4v) is 2.24. The summed E-state index contributed by atoms with van der Waals surface area (Å²) in [6.45, 7) is 4.00. The first-order valence-corrected chi connectivity index (χ1v) is 7.41. The summed E-state index contributed by atoms with van der Waals surface area (Å²) < 4.78 is 0. The maximum atomic E-state index is 12.2. The third-order valence-electron chi connectivity index (χ3n) is 3.91. The van der Waals surface area contributed by atoms with E-state index in [9.17, 15) is 9.59 Å². The number of nitrogens with zero attached hydrogens (tertiary/aromatic N) is 1. The molecule has 0 aliphatic heterocycles. The largest absolute Gasteiger partial charge is 0.315 e. The number of hydrogen-bond acceptors (Lipinski definition) is 2. The van der Waals surface area contributed by atoms with Crippen LogP contribution in [0.15, 0.2) is 48.5 Å². The first kappa shape index (κ1) is 16.0. The quantitative estimate of drug-likeness (QED) is 0.784. The van der Waals surface area contributed by atoms with Crippen LogP contribution in [0.4, 0.5) is 5.69 Å². The van der Waals surface area contributed by atoms with E-state index in [0.717, 1.165) is 16.8 Å². The summed E-state index contributed by atoms with van der Waals surface area (Å²) >= 11 is 0. The summed E-state index contributed by atoms with van der Waals surface area (Å²) in [4.78, 5) is 26.0. The second-order valence-corrected chi connectivity index (χ2v) is 5.51. The summed E-state index contributed by atoms with van der Waals surface area (Å²) in [6, 6.07) is 15.1. The van der Waals surface area contributed by atoms with Crippen molar-refractivity contribution in [3.05, 3.63) is 65.2 Å². The zero-order chi connectivity index (χ0) is 16.1. The molecule has 1 amide bonds. The topological polar surface area (TPSA) is 37.4 Å². The number of benzene rings is 2. The van der Waals surface area contributed by atoms with E-state index in [-0.39, 0.29) is 24.5 Å². The van der Waals surface area contributed by atoms with Gasteiger partial charge in [0.05, 0.1) is 0 Å². The van der Waals surface area contributed by atoms with Crippen LogP contribution in [0.1, 0.15) is 34.3 Å². The van der Waals surface area contributed by atoms with E-state index < -0.39 is 0 Å². The molecule has 0 unspecified atom stereocenters. The molecule has 0 aliphatic rings. The van der Waals surface area contributed by atoms with Gasteiger partial charge < -0.3 is 4.90 Å². The van der Waals surface area contributed by atoms with Crippen molar-refractivity contribution in [2.75, 3.05) is 11.9 Å². The second-order valence-electron chi connectivity index (χ2n) is 5.51. The number of anilines is 1. The van der Waals surface area contributed by atoms with Crippen LogP contribution in [0.5, 0.6) is 0 Å². The van der Waals surface area contributed by atoms with Gasteiger partial charge in [-0.25, -0.2) is 0 Å². The zero-order valence-electron chi connectivity index (χ0n) is 13.3. The molecule has 114 valence electrons. The highest BCUT2D eigenvalue weighted by molar-refractivity contribution is 6.00. The molecule has 0 fully saturated rings. The van der Waals surface area contributed by atoms with Crippen molar-refractivity contribution < 1.29 is 9.59 Å². The summed E-state index contributed by atoms with van der Waals surface area (Å²) in [6.07, 6.45) is 0.454. The highest BCUT2D eigenvalue weighted by atomic mass is 16.2. The molecule has 0 spiro atoms. The van der Waals surface area contributed by atoms with Gasteiger partial charge in [0.25, 0.3) is 0 Å². The van der Waals surface area contributed by atoms with E-state index >= 15 is 0 Å². The van der Waals surface area contributed by atoms with Crippen molar-refractivity contribution in [3.8, 4) is 0 Å². The van der Waals surface area contributed by atoms with Gasteiger partial charge in [0.2, 0.25) is 5.91 Å². The van der Waals surface area contributed by atoms with Gasteiger partial charge in [-0.05, 0) is 43.2 Å². The smallest absolute Gasteiger partial charge is 0.227 e. The molecule has 3 nitrogen and oxygen atoms in total. The number of aryl methyl sites for hydroxylation is 2. The molecule has 0 bridgehead atoms. The van der Waals surface area contributed by atoms with Crippen LogP contribution >= 0.6 is 0 Å². The molecule has 22 heavy (non-hydrogen) atoms. The Morgan fingerprint density at radius 2 is 1.59 bits per heavy atom. The highest BCUT2D eigenvalue weighted by Crippen LogP contribution is 2.15. The van der Waals surface area contributed by atoms with Gasteiger partial charge >= 0.3 is 0 Å². The Labute approximate surface area is 131 Å². The van der Waals surface area contributed by atoms with Crippen LogP contribution in [0, 0.1) is 13.8 Å². The first-order chi connectivity index (χ1) is 10.5. The molecule has 2 rings (SSSR count). The van der Waals surface area contributed by atoms with Crippen molar-refractivity contribution in [1.29, 1.82) is 0 Å². The summed E-state index contributed by atoms with van der Waals surface area (Å²) in [5.74, 6) is -0.0405. The van der Waals surface area contributed by atoms with Gasteiger partial charge in [-0.1, -0.05) is 30.3 Å². The molecular formula is C19H21NO2. The molecule has 2 aromatic rings. The number of Topliss-reactive ketones (excluding diaryl/α,β-unsaturated/α-hetero) is 1. The van der Waals surface area contributed by atoms with Gasteiger partial charge in [0, 0.05) is 31.1 Å². The van der Waals surface area contributed by atoms with Crippen molar-refractivity contribution in [2.45, 2.75) is 26.7 Å². The van der Waals surface area contributed by atoms with Gasteiger partial charge in [-0.3, -0.25) is 9.59 Å². The molecule has 0 N–H and O–H groups in total. The minimum Gasteiger partial charge on any atom is -0.315 e. The predicted molar refractivity (Wildman–Crippen MR) is 89.3 cm³/mol. The summed E-state index contributed by atoms with van der Waals surface area (Å²) in [5.41, 5.74) is 3.78. The Balaban J connectivity index is 1.96. The lowest BCUT2D eigenvalue weighted by atomic mass is 10.0. The SMILES string of the molecule is Cc1ccc(C(=O)CCC(=O)N(C)c2ccccc2)cc1C. The standard InChI is InChI=1S/C19H21NO2/c1-14-9-10-16(13-15(14)2)18(21)11-12-19(22)20(3)17-7-5-4-6-8-17/h4-10,13H,11-12H2,1-3H3. The lowest BCUT2D eigenvalue weighted by Crippen LogP contribution is -2.26. The van der Waals surface area contributed by atoms with Gasteiger partial charge in [-0.15, -0.1) is 0 Å². The lowest BCUT2D eigenvalue weighted by Gasteiger charge is -2.17. The van der Waals surface area contributed by atoms with Crippen LogP contribution in [0.3, 0.4) is 0 Å². The van der Waals surface area contributed by atoms with E-state index in [1.54, 1.807) is 11.9 Å². The number of hydrogen-bond donors (Lipinski definition) is 0. The first-order valence-electron chi connectivity index (χ1n) is 7.41. The van der Waals surface area contributed by atoms with Crippen LogP contribution in [0.25, 0.3) is 0 Å². The van der Waals surface area contributed by atoms with E-state index in [1.165, 1.54) is 0 Å². The average molecular weight is 295 g/mol. The van der Waals surface area contributed by atoms with Crippen molar-refractivity contribution in [3.63, 3.8) is 0 Å². The summed E-state index contributed by atoms with van der Waals surface area (Å²) in [7, 11) is 1.73. The van der Waals surface area contributed by atoms with Gasteiger partial charge in [0.1, 0.15) is 0 Å². The van der Waals surface area contributed by atoms with Crippen LogP contribution < -0.4 is 4.90 Å². The molecule has 0 aromatic heterocycles. The number of para-hydroxylation sites is 1. The number of carbonyl (C=O) groups is 2. The van der Waals surface area contributed by atoms with Crippen LogP contribution in [0.2, 0.25) is 0 Å². The molecule has 0 atom stereocenters. The zero-order valence-corrected chi connectivity index (χ0v) is 13.3. The number of rotatable bonds is 5. The third kappa shape index (κ3) is 3.82. The van der Waals surface area contributed by atoms with Gasteiger partial charge in [-0.2, -0.15) is 0 Å². The van der Waals surface area contributed by atoms with Crippen molar-refractivity contribution in [1.82, 2.24) is 0 Å². The van der Waals surface area contributed by atoms with Gasteiger partial charge in [0.15, 0.2) is 5.78 Å². The van der Waals surface area contributed by atoms with E-state index in [2.05, 4.69) is 0 Å². The fraction of sp³-hybridized carbons (Fsp3) is 0.263. The summed E-state index contributed by atoms with van der Waals surface area (Å²) in [5, 5.41) is 0.